The number of hydrogen-bond donors (Lipinski definition) is 1. The fourth-order valence-electron chi connectivity index (χ4n) is 3.82. The second-order valence-electron chi connectivity index (χ2n) is 7.84. The number of anilines is 2. The van der Waals surface area contributed by atoms with E-state index in [-0.39, 0.29) is 5.91 Å². The number of nitrogens with one attached hydrogen (secondary N) is 1. The maximum atomic E-state index is 11.2. The number of allylic oxidation sites excluding steroid dienone is 1. The molecule has 0 aliphatic carbocycles. The summed E-state index contributed by atoms with van der Waals surface area (Å²) < 4.78 is 0. The second kappa shape index (κ2) is 9.43. The molecule has 0 aromatic heterocycles. The van der Waals surface area contributed by atoms with E-state index in [9.17, 15) is 4.79 Å². The lowest BCUT2D eigenvalue weighted by molar-refractivity contribution is -0.114. The zero-order valence-electron chi connectivity index (χ0n) is 18.0. The fourth-order valence-corrected chi connectivity index (χ4v) is 3.82. The van der Waals surface area contributed by atoms with Crippen molar-refractivity contribution in [2.24, 2.45) is 4.99 Å². The molecule has 3 aromatic rings. The Labute approximate surface area is 184 Å². The van der Waals surface area contributed by atoms with Crippen LogP contribution in [-0.2, 0) is 11.2 Å². The van der Waals surface area contributed by atoms with E-state index in [0.29, 0.717) is 0 Å². The number of hydrogen-bond acceptors (Lipinski definition) is 3. The first kappa shape index (κ1) is 20.6. The number of rotatable bonds is 5. The van der Waals surface area contributed by atoms with Gasteiger partial charge in [-0.1, -0.05) is 60.7 Å². The molecule has 0 spiro atoms. The third kappa shape index (κ3) is 5.28. The van der Waals surface area contributed by atoms with E-state index in [2.05, 4.69) is 90.1 Å². The molecule has 1 amide bonds. The summed E-state index contributed by atoms with van der Waals surface area (Å²) in [5.74, 6) is -0.0558. The average Bonchev–Trinajstić information content (AvgIpc) is 2.93. The minimum Gasteiger partial charge on any atom is -0.372 e. The Morgan fingerprint density at radius 1 is 1.00 bits per heavy atom. The minimum absolute atomic E-state index is 0.0558. The zero-order chi connectivity index (χ0) is 21.6. The monoisotopic (exact) mass is 409 g/mol. The number of aliphatic imine (C=N–C) groups is 1. The number of carbonyl (C=O) groups excluding carboxylic acids is 1. The van der Waals surface area contributed by atoms with Crippen molar-refractivity contribution < 1.29 is 4.79 Å². The zero-order valence-corrected chi connectivity index (χ0v) is 18.0. The van der Waals surface area contributed by atoms with Crippen LogP contribution in [0.2, 0.25) is 0 Å². The summed E-state index contributed by atoms with van der Waals surface area (Å²) in [6, 6.07) is 25.0. The number of nitrogens with zero attached hydrogens (tertiary/aromatic N) is 2. The molecule has 3 aromatic carbocycles. The molecule has 1 aliphatic heterocycles. The van der Waals surface area contributed by atoms with Gasteiger partial charge in [0.25, 0.3) is 0 Å². The highest BCUT2D eigenvalue weighted by molar-refractivity contribution is 6.14. The molecule has 0 atom stereocenters. The molecule has 156 valence electrons. The van der Waals surface area contributed by atoms with Crippen molar-refractivity contribution in [1.82, 2.24) is 0 Å². The lowest BCUT2D eigenvalue weighted by atomic mass is 10.0. The first-order chi connectivity index (χ1) is 15.1. The van der Waals surface area contributed by atoms with Gasteiger partial charge in [0.15, 0.2) is 0 Å². The van der Waals surface area contributed by atoms with Crippen molar-refractivity contribution in [3.05, 3.63) is 101 Å². The van der Waals surface area contributed by atoms with Gasteiger partial charge in [-0.25, -0.2) is 0 Å². The van der Waals surface area contributed by atoms with Crippen LogP contribution in [0.4, 0.5) is 11.4 Å². The summed E-state index contributed by atoms with van der Waals surface area (Å²) in [4.78, 5) is 18.2. The molecule has 1 N–H and O–H groups in total. The molecule has 31 heavy (non-hydrogen) atoms. The molecule has 0 saturated carbocycles. The van der Waals surface area contributed by atoms with Crippen LogP contribution in [0.5, 0.6) is 0 Å². The molecule has 4 heteroatoms. The molecule has 0 radical (unpaired) electrons. The lowest BCUT2D eigenvalue weighted by Gasteiger charge is -2.18. The highest BCUT2D eigenvalue weighted by Crippen LogP contribution is 2.23. The average molecular weight is 410 g/mol. The third-order valence-corrected chi connectivity index (χ3v) is 5.38. The smallest absolute Gasteiger partial charge is 0.221 e. The number of benzene rings is 3. The van der Waals surface area contributed by atoms with Crippen LogP contribution in [0.3, 0.4) is 0 Å². The maximum absolute atomic E-state index is 11.2. The Bertz CT molecular complexity index is 1130. The van der Waals surface area contributed by atoms with Crippen molar-refractivity contribution in [1.29, 1.82) is 0 Å². The second-order valence-corrected chi connectivity index (χ2v) is 7.84. The van der Waals surface area contributed by atoms with Crippen molar-refractivity contribution in [3.8, 4) is 0 Å². The number of fused-ring (bicyclic) bond motifs is 1. The minimum atomic E-state index is -0.0558. The Kier molecular flexibility index (Phi) is 6.27. The Hall–Kier alpha value is -3.66. The van der Waals surface area contributed by atoms with E-state index in [1.165, 1.54) is 29.3 Å². The van der Waals surface area contributed by atoms with Crippen molar-refractivity contribution in [3.63, 3.8) is 0 Å². The predicted molar refractivity (Wildman–Crippen MR) is 130 cm³/mol. The number of para-hydroxylation sites is 1. The number of amides is 1. The summed E-state index contributed by atoms with van der Waals surface area (Å²) in [6.45, 7) is 3.23. The van der Waals surface area contributed by atoms with Gasteiger partial charge >= 0.3 is 0 Å². The highest BCUT2D eigenvalue weighted by atomic mass is 16.1. The number of carbonyl (C=O) groups is 1. The van der Waals surface area contributed by atoms with E-state index < -0.39 is 0 Å². The number of benzodiazepines with no additional fused rings is 1. The Morgan fingerprint density at radius 3 is 2.61 bits per heavy atom. The molecule has 1 aliphatic rings. The largest absolute Gasteiger partial charge is 0.372 e. The van der Waals surface area contributed by atoms with Gasteiger partial charge < -0.3 is 10.2 Å². The summed E-state index contributed by atoms with van der Waals surface area (Å²) in [7, 11) is 2.12. The maximum Gasteiger partial charge on any atom is 0.221 e. The van der Waals surface area contributed by atoms with E-state index in [0.717, 1.165) is 36.5 Å². The highest BCUT2D eigenvalue weighted by Gasteiger charge is 2.13. The van der Waals surface area contributed by atoms with Crippen LogP contribution in [0.25, 0.3) is 6.08 Å². The van der Waals surface area contributed by atoms with Crippen LogP contribution in [-0.4, -0.2) is 31.8 Å². The summed E-state index contributed by atoms with van der Waals surface area (Å²) >= 11 is 0. The Morgan fingerprint density at radius 2 is 1.81 bits per heavy atom. The van der Waals surface area contributed by atoms with Gasteiger partial charge in [-0.15, -0.1) is 0 Å². The van der Waals surface area contributed by atoms with Crippen LogP contribution in [0.15, 0.2) is 83.9 Å². The number of likely N-dealkylation sites (N-methyl/N-ethyl adjacent to an activating group) is 1. The van der Waals surface area contributed by atoms with E-state index in [4.69, 9.17) is 4.99 Å². The molecule has 0 bridgehead atoms. The summed E-state index contributed by atoms with van der Waals surface area (Å²) in [5, 5.41) is 2.80. The first-order valence-electron chi connectivity index (χ1n) is 10.6. The predicted octanol–water partition coefficient (Wildman–Crippen LogP) is 5.19. The molecule has 4 nitrogen and oxygen atoms in total. The van der Waals surface area contributed by atoms with Crippen LogP contribution >= 0.6 is 0 Å². The SMILES string of the molecule is CC(=O)Nc1ccc(Cc2cccc(C=CC3=NCCN(C)c4ccccc43)c2)cc1. The molecular weight excluding hydrogens is 382 g/mol. The van der Waals surface area contributed by atoms with Gasteiger partial charge in [0, 0.05) is 37.5 Å². The quantitative estimate of drug-likeness (QED) is 0.630. The summed E-state index contributed by atoms with van der Waals surface area (Å²) in [5.41, 5.74) is 7.86. The van der Waals surface area contributed by atoms with Crippen LogP contribution < -0.4 is 10.2 Å². The van der Waals surface area contributed by atoms with Crippen molar-refractivity contribution >= 4 is 29.1 Å². The van der Waals surface area contributed by atoms with Crippen molar-refractivity contribution in [2.75, 3.05) is 30.4 Å². The molecular formula is C27H27N3O. The van der Waals surface area contributed by atoms with E-state index in [1.54, 1.807) is 0 Å². The molecule has 0 fully saturated rings. The van der Waals surface area contributed by atoms with Crippen LogP contribution in [0.1, 0.15) is 29.2 Å². The standard InChI is InChI=1S/C27H27N3O/c1-20(31)29-24-13-10-22(11-14-24)19-23-7-5-6-21(18-23)12-15-26-25-8-3-4-9-27(25)30(2)17-16-28-26/h3-15,18H,16-17,19H2,1-2H3,(H,29,31). The summed E-state index contributed by atoms with van der Waals surface area (Å²) in [6.07, 6.45) is 5.11. The van der Waals surface area contributed by atoms with E-state index in [1.807, 2.05) is 12.1 Å². The fraction of sp³-hybridized carbons (Fsp3) is 0.185. The topological polar surface area (TPSA) is 44.7 Å². The first-order valence-corrected chi connectivity index (χ1v) is 10.6. The normalized spacial score (nSPS) is 13.5. The van der Waals surface area contributed by atoms with Gasteiger partial charge in [0.1, 0.15) is 0 Å². The van der Waals surface area contributed by atoms with Gasteiger partial charge in [-0.2, -0.15) is 0 Å². The lowest BCUT2D eigenvalue weighted by Crippen LogP contribution is -2.20. The molecule has 0 unspecified atom stereocenters. The van der Waals surface area contributed by atoms with Crippen LogP contribution in [0, 0.1) is 0 Å². The molecule has 0 saturated heterocycles. The van der Waals surface area contributed by atoms with E-state index >= 15 is 0 Å². The van der Waals surface area contributed by atoms with Gasteiger partial charge in [0.05, 0.1) is 12.3 Å². The third-order valence-electron chi connectivity index (χ3n) is 5.38. The Balaban J connectivity index is 1.50. The molecule has 1 heterocycles. The van der Waals surface area contributed by atoms with Gasteiger partial charge in [-0.05, 0) is 47.4 Å². The molecule has 4 rings (SSSR count). The van der Waals surface area contributed by atoms with Gasteiger partial charge in [0.2, 0.25) is 5.91 Å². The van der Waals surface area contributed by atoms with Crippen molar-refractivity contribution in [2.45, 2.75) is 13.3 Å². The van der Waals surface area contributed by atoms with Gasteiger partial charge in [-0.3, -0.25) is 9.79 Å².